The van der Waals surface area contributed by atoms with Crippen LogP contribution in [0.4, 0.5) is 5.13 Å². The number of methoxy groups -OCH3 is 1. The number of hydrogen-bond donors (Lipinski definition) is 1. The summed E-state index contributed by atoms with van der Waals surface area (Å²) < 4.78 is 4.68. The van der Waals surface area contributed by atoms with Crippen LogP contribution in [0.1, 0.15) is 42.6 Å². The largest absolute Gasteiger partial charge is 0.465 e. The van der Waals surface area contributed by atoms with Crippen molar-refractivity contribution in [3.05, 3.63) is 10.6 Å². The molecule has 0 saturated carbocycles. The van der Waals surface area contributed by atoms with Crippen molar-refractivity contribution in [2.75, 3.05) is 12.4 Å². The molecule has 6 heteroatoms. The quantitative estimate of drug-likeness (QED) is 0.835. The molecule has 0 bridgehead atoms. The highest BCUT2D eigenvalue weighted by Gasteiger charge is 2.18. The lowest BCUT2D eigenvalue weighted by Gasteiger charge is -2.03. The minimum absolute atomic E-state index is 0.0854. The topological polar surface area (TPSA) is 68.3 Å². The Kier molecular flexibility index (Phi) is 5.27. The molecule has 1 amide bonds. The average molecular weight is 270 g/mol. The molecule has 0 fully saturated rings. The van der Waals surface area contributed by atoms with Gasteiger partial charge in [0.15, 0.2) is 5.13 Å². The first-order valence-corrected chi connectivity index (χ1v) is 6.67. The van der Waals surface area contributed by atoms with Gasteiger partial charge in [-0.05, 0) is 12.3 Å². The summed E-state index contributed by atoms with van der Waals surface area (Å²) in [7, 11) is 1.33. The number of nitrogens with zero attached hydrogens (tertiary/aromatic N) is 1. The second-order valence-electron chi connectivity index (χ2n) is 4.29. The number of amides is 1. The monoisotopic (exact) mass is 270 g/mol. The third kappa shape index (κ3) is 3.80. The van der Waals surface area contributed by atoms with Crippen LogP contribution in [-0.4, -0.2) is 24.0 Å². The van der Waals surface area contributed by atoms with Gasteiger partial charge in [-0.2, -0.15) is 0 Å². The van der Waals surface area contributed by atoms with Gasteiger partial charge in [-0.1, -0.05) is 32.1 Å². The lowest BCUT2D eigenvalue weighted by molar-refractivity contribution is -0.116. The molecule has 5 nitrogen and oxygen atoms in total. The normalized spacial score (nSPS) is 10.5. The van der Waals surface area contributed by atoms with E-state index in [-0.39, 0.29) is 11.8 Å². The van der Waals surface area contributed by atoms with Crippen LogP contribution in [0.25, 0.3) is 0 Å². The highest BCUT2D eigenvalue weighted by atomic mass is 32.1. The van der Waals surface area contributed by atoms with E-state index in [1.54, 1.807) is 0 Å². The number of aromatic nitrogens is 1. The molecule has 1 N–H and O–H groups in total. The number of ether oxygens (including phenoxy) is 1. The van der Waals surface area contributed by atoms with Crippen molar-refractivity contribution in [3.8, 4) is 0 Å². The number of aryl methyl sites for hydroxylation is 1. The van der Waals surface area contributed by atoms with Crippen molar-refractivity contribution in [2.45, 2.75) is 33.6 Å². The standard InChI is InChI=1S/C12H18N2O3S/c1-5-8-10(11(16)17-4)18-12(13-8)14-9(15)6-7(2)3/h7H,5-6H2,1-4H3,(H,13,14,15). The number of hydrogen-bond acceptors (Lipinski definition) is 5. The van der Waals surface area contributed by atoms with E-state index in [1.165, 1.54) is 7.11 Å². The first-order chi connectivity index (χ1) is 8.47. The van der Waals surface area contributed by atoms with Crippen molar-refractivity contribution in [1.82, 2.24) is 4.98 Å². The van der Waals surface area contributed by atoms with E-state index in [0.29, 0.717) is 28.5 Å². The molecule has 0 aliphatic rings. The summed E-state index contributed by atoms with van der Waals surface area (Å²) in [4.78, 5) is 27.8. The van der Waals surface area contributed by atoms with E-state index in [9.17, 15) is 9.59 Å². The molecular formula is C12H18N2O3S. The summed E-state index contributed by atoms with van der Waals surface area (Å²) in [5.41, 5.74) is 0.659. The third-order valence-electron chi connectivity index (χ3n) is 2.24. The fourth-order valence-electron chi connectivity index (χ4n) is 1.44. The van der Waals surface area contributed by atoms with Crippen LogP contribution in [0.3, 0.4) is 0 Å². The SMILES string of the molecule is CCc1nc(NC(=O)CC(C)C)sc1C(=O)OC. The number of esters is 1. The maximum atomic E-state index is 11.6. The first kappa shape index (κ1) is 14.6. The Morgan fingerprint density at radius 1 is 1.44 bits per heavy atom. The van der Waals surface area contributed by atoms with Gasteiger partial charge >= 0.3 is 5.97 Å². The summed E-state index contributed by atoms with van der Waals surface area (Å²) >= 11 is 1.15. The molecular weight excluding hydrogens is 252 g/mol. The van der Waals surface area contributed by atoms with Crippen molar-refractivity contribution in [3.63, 3.8) is 0 Å². The Hall–Kier alpha value is -1.43. The summed E-state index contributed by atoms with van der Waals surface area (Å²) in [5, 5.41) is 3.16. The molecule has 0 aliphatic heterocycles. The molecule has 1 aromatic rings. The Balaban J connectivity index is 2.82. The minimum atomic E-state index is -0.409. The molecule has 0 aliphatic carbocycles. The number of carbonyl (C=O) groups excluding carboxylic acids is 2. The first-order valence-electron chi connectivity index (χ1n) is 5.85. The van der Waals surface area contributed by atoms with E-state index in [2.05, 4.69) is 15.0 Å². The summed E-state index contributed by atoms with van der Waals surface area (Å²) in [6, 6.07) is 0. The number of thiazole rings is 1. The number of carbonyl (C=O) groups is 2. The minimum Gasteiger partial charge on any atom is -0.465 e. The van der Waals surface area contributed by atoms with Gasteiger partial charge in [0, 0.05) is 6.42 Å². The second kappa shape index (κ2) is 6.49. The molecule has 100 valence electrons. The van der Waals surface area contributed by atoms with Gasteiger partial charge in [-0.3, -0.25) is 4.79 Å². The zero-order valence-electron chi connectivity index (χ0n) is 11.1. The molecule has 0 spiro atoms. The molecule has 0 saturated heterocycles. The van der Waals surface area contributed by atoms with E-state index < -0.39 is 5.97 Å². The van der Waals surface area contributed by atoms with Crippen LogP contribution in [0, 0.1) is 5.92 Å². The van der Waals surface area contributed by atoms with Gasteiger partial charge in [-0.25, -0.2) is 9.78 Å². The summed E-state index contributed by atoms with van der Waals surface area (Å²) in [6.45, 7) is 5.85. The van der Waals surface area contributed by atoms with Gasteiger partial charge in [0.25, 0.3) is 0 Å². The number of nitrogens with one attached hydrogen (secondary N) is 1. The van der Waals surface area contributed by atoms with E-state index in [0.717, 1.165) is 11.3 Å². The van der Waals surface area contributed by atoms with Gasteiger partial charge in [0.2, 0.25) is 5.91 Å². The molecule has 0 atom stereocenters. The highest BCUT2D eigenvalue weighted by Crippen LogP contribution is 2.24. The van der Waals surface area contributed by atoms with Crippen LogP contribution in [0.2, 0.25) is 0 Å². The van der Waals surface area contributed by atoms with Crippen molar-refractivity contribution in [2.24, 2.45) is 5.92 Å². The highest BCUT2D eigenvalue weighted by molar-refractivity contribution is 7.17. The smallest absolute Gasteiger partial charge is 0.350 e. The predicted octanol–water partition coefficient (Wildman–Crippen LogP) is 2.48. The Bertz CT molecular complexity index is 441. The van der Waals surface area contributed by atoms with Crippen LogP contribution in [0.5, 0.6) is 0 Å². The molecule has 0 unspecified atom stereocenters. The zero-order valence-corrected chi connectivity index (χ0v) is 11.9. The van der Waals surface area contributed by atoms with Crippen LogP contribution in [-0.2, 0) is 16.0 Å². The van der Waals surface area contributed by atoms with Gasteiger partial charge < -0.3 is 10.1 Å². The van der Waals surface area contributed by atoms with E-state index in [4.69, 9.17) is 0 Å². The average Bonchev–Trinajstić information content (AvgIpc) is 2.69. The Morgan fingerprint density at radius 3 is 2.61 bits per heavy atom. The van der Waals surface area contributed by atoms with E-state index >= 15 is 0 Å². The van der Waals surface area contributed by atoms with Crippen molar-refractivity contribution >= 4 is 28.3 Å². The Labute approximate surface area is 111 Å². The van der Waals surface area contributed by atoms with Crippen molar-refractivity contribution < 1.29 is 14.3 Å². The van der Waals surface area contributed by atoms with Crippen LogP contribution in [0.15, 0.2) is 0 Å². The Morgan fingerprint density at radius 2 is 2.11 bits per heavy atom. The number of rotatable bonds is 5. The molecule has 0 aromatic carbocycles. The summed E-state index contributed by atoms with van der Waals surface area (Å²) in [6.07, 6.45) is 1.07. The molecule has 0 radical (unpaired) electrons. The molecule has 1 rings (SSSR count). The number of anilines is 1. The van der Waals surface area contributed by atoms with Gasteiger partial charge in [0.05, 0.1) is 12.8 Å². The van der Waals surface area contributed by atoms with Gasteiger partial charge in [0.1, 0.15) is 4.88 Å². The molecule has 1 heterocycles. The van der Waals surface area contributed by atoms with Crippen molar-refractivity contribution in [1.29, 1.82) is 0 Å². The maximum Gasteiger partial charge on any atom is 0.350 e. The predicted molar refractivity (Wildman–Crippen MR) is 70.9 cm³/mol. The lowest BCUT2D eigenvalue weighted by atomic mass is 10.1. The fraction of sp³-hybridized carbons (Fsp3) is 0.583. The van der Waals surface area contributed by atoms with Crippen LogP contribution < -0.4 is 5.32 Å². The lowest BCUT2D eigenvalue weighted by Crippen LogP contribution is -2.13. The summed E-state index contributed by atoms with van der Waals surface area (Å²) in [5.74, 6) is -0.206. The molecule has 18 heavy (non-hydrogen) atoms. The fourth-order valence-corrected chi connectivity index (χ4v) is 2.43. The maximum absolute atomic E-state index is 11.6. The second-order valence-corrected chi connectivity index (χ2v) is 5.29. The molecule has 1 aromatic heterocycles. The van der Waals surface area contributed by atoms with Crippen LogP contribution >= 0.6 is 11.3 Å². The zero-order chi connectivity index (χ0) is 13.7. The van der Waals surface area contributed by atoms with Gasteiger partial charge in [-0.15, -0.1) is 0 Å². The van der Waals surface area contributed by atoms with E-state index in [1.807, 2.05) is 20.8 Å². The third-order valence-corrected chi connectivity index (χ3v) is 3.24.